The first-order chi connectivity index (χ1) is 10.2. The molecule has 1 aromatic heterocycles. The summed E-state index contributed by atoms with van der Waals surface area (Å²) in [5.41, 5.74) is 5.96. The van der Waals surface area contributed by atoms with Crippen LogP contribution in [0.4, 0.5) is 0 Å². The van der Waals surface area contributed by atoms with E-state index in [4.69, 9.17) is 5.73 Å². The van der Waals surface area contributed by atoms with Gasteiger partial charge in [-0.1, -0.05) is 13.0 Å². The summed E-state index contributed by atoms with van der Waals surface area (Å²) in [6.45, 7) is 4.30. The summed E-state index contributed by atoms with van der Waals surface area (Å²) >= 11 is 1.74. The van der Waals surface area contributed by atoms with E-state index in [1.165, 1.54) is 4.88 Å². The molecule has 1 aliphatic carbocycles. The van der Waals surface area contributed by atoms with Crippen LogP contribution in [0.2, 0.25) is 0 Å². The van der Waals surface area contributed by atoms with Crippen LogP contribution in [0.25, 0.3) is 0 Å². The summed E-state index contributed by atoms with van der Waals surface area (Å²) in [4.78, 5) is 15.7. The predicted octanol–water partition coefficient (Wildman–Crippen LogP) is 2.00. The van der Waals surface area contributed by atoms with E-state index in [1.54, 1.807) is 11.3 Å². The molecule has 0 radical (unpaired) electrons. The molecule has 118 valence electrons. The SMILES string of the molecule is CCN(CC(=O)NCCc1cccs1)C1CCC(N)CC1. The monoisotopic (exact) mass is 309 g/mol. The fraction of sp³-hybridized carbons (Fsp3) is 0.688. The first-order valence-corrected chi connectivity index (χ1v) is 8.85. The molecular weight excluding hydrogens is 282 g/mol. The van der Waals surface area contributed by atoms with E-state index in [0.29, 0.717) is 18.6 Å². The van der Waals surface area contributed by atoms with Crippen LogP contribution in [0.5, 0.6) is 0 Å². The van der Waals surface area contributed by atoms with Crippen molar-refractivity contribution in [3.8, 4) is 0 Å². The van der Waals surface area contributed by atoms with Crippen molar-refractivity contribution in [2.24, 2.45) is 5.73 Å². The fourth-order valence-corrected chi connectivity index (χ4v) is 3.70. The molecule has 0 aromatic carbocycles. The van der Waals surface area contributed by atoms with E-state index in [-0.39, 0.29) is 5.91 Å². The Balaban J connectivity index is 1.69. The van der Waals surface area contributed by atoms with Crippen molar-refractivity contribution in [3.05, 3.63) is 22.4 Å². The maximum Gasteiger partial charge on any atom is 0.234 e. The molecule has 21 heavy (non-hydrogen) atoms. The van der Waals surface area contributed by atoms with Crippen LogP contribution >= 0.6 is 11.3 Å². The molecule has 5 heteroatoms. The lowest BCUT2D eigenvalue weighted by Gasteiger charge is -2.34. The zero-order valence-corrected chi connectivity index (χ0v) is 13.7. The number of rotatable bonds is 7. The van der Waals surface area contributed by atoms with Crippen molar-refractivity contribution in [2.75, 3.05) is 19.6 Å². The zero-order valence-electron chi connectivity index (χ0n) is 12.9. The Morgan fingerprint density at radius 1 is 1.43 bits per heavy atom. The standard InChI is InChI=1S/C16H27N3OS/c1-2-19(14-7-5-13(17)6-8-14)12-16(20)18-10-9-15-4-3-11-21-15/h3-4,11,13-14H,2,5-10,12,17H2,1H3,(H,18,20). The number of amides is 1. The van der Waals surface area contributed by atoms with E-state index >= 15 is 0 Å². The van der Waals surface area contributed by atoms with Crippen molar-refractivity contribution in [3.63, 3.8) is 0 Å². The number of likely N-dealkylation sites (N-methyl/N-ethyl adjacent to an activating group) is 1. The summed E-state index contributed by atoms with van der Waals surface area (Å²) < 4.78 is 0. The zero-order chi connectivity index (χ0) is 15.1. The number of hydrogen-bond acceptors (Lipinski definition) is 4. The first kappa shape index (κ1) is 16.5. The molecule has 1 saturated carbocycles. The van der Waals surface area contributed by atoms with E-state index in [9.17, 15) is 4.79 Å². The van der Waals surface area contributed by atoms with Gasteiger partial charge in [0.15, 0.2) is 0 Å². The van der Waals surface area contributed by atoms with Crippen molar-refractivity contribution in [2.45, 2.75) is 51.1 Å². The maximum absolute atomic E-state index is 12.1. The Labute approximate surface area is 131 Å². The number of thiophene rings is 1. The summed E-state index contributed by atoms with van der Waals surface area (Å²) in [5.74, 6) is 0.142. The van der Waals surface area contributed by atoms with Crippen LogP contribution in [-0.4, -0.2) is 42.5 Å². The normalized spacial score (nSPS) is 22.4. The van der Waals surface area contributed by atoms with Gasteiger partial charge in [-0.3, -0.25) is 9.69 Å². The van der Waals surface area contributed by atoms with Crippen LogP contribution in [0.1, 0.15) is 37.5 Å². The van der Waals surface area contributed by atoms with Gasteiger partial charge in [-0.15, -0.1) is 11.3 Å². The quantitative estimate of drug-likeness (QED) is 0.810. The van der Waals surface area contributed by atoms with Crippen LogP contribution < -0.4 is 11.1 Å². The first-order valence-electron chi connectivity index (χ1n) is 7.97. The molecule has 1 heterocycles. The largest absolute Gasteiger partial charge is 0.355 e. The lowest BCUT2D eigenvalue weighted by molar-refractivity contribution is -0.122. The second-order valence-corrected chi connectivity index (χ2v) is 6.84. The summed E-state index contributed by atoms with van der Waals surface area (Å²) in [6.07, 6.45) is 5.34. The molecule has 1 aromatic rings. The van der Waals surface area contributed by atoms with Crippen molar-refractivity contribution in [1.82, 2.24) is 10.2 Å². The van der Waals surface area contributed by atoms with Gasteiger partial charge in [0.05, 0.1) is 6.54 Å². The molecule has 1 fully saturated rings. The van der Waals surface area contributed by atoms with E-state index in [1.807, 2.05) is 0 Å². The highest BCUT2D eigenvalue weighted by molar-refractivity contribution is 7.09. The van der Waals surface area contributed by atoms with Crippen molar-refractivity contribution in [1.29, 1.82) is 0 Å². The van der Waals surface area contributed by atoms with Crippen molar-refractivity contribution >= 4 is 17.2 Å². The molecule has 0 spiro atoms. The highest BCUT2D eigenvalue weighted by Gasteiger charge is 2.24. The third-order valence-corrected chi connectivity index (χ3v) is 5.22. The molecule has 1 aliphatic rings. The molecule has 0 bridgehead atoms. The Morgan fingerprint density at radius 3 is 2.81 bits per heavy atom. The molecule has 0 unspecified atom stereocenters. The highest BCUT2D eigenvalue weighted by Crippen LogP contribution is 2.21. The van der Waals surface area contributed by atoms with Gasteiger partial charge >= 0.3 is 0 Å². The van der Waals surface area contributed by atoms with E-state index in [0.717, 1.165) is 45.2 Å². The van der Waals surface area contributed by atoms with Gasteiger partial charge < -0.3 is 11.1 Å². The fourth-order valence-electron chi connectivity index (χ4n) is 2.99. The summed E-state index contributed by atoms with van der Waals surface area (Å²) in [5, 5.41) is 5.11. The van der Waals surface area contributed by atoms with E-state index < -0.39 is 0 Å². The Bertz CT molecular complexity index is 413. The Kier molecular flexibility index (Phi) is 6.67. The minimum atomic E-state index is 0.142. The number of hydrogen-bond donors (Lipinski definition) is 2. The minimum absolute atomic E-state index is 0.142. The van der Waals surface area contributed by atoms with Gasteiger partial charge in [0.2, 0.25) is 5.91 Å². The molecule has 0 aliphatic heterocycles. The minimum Gasteiger partial charge on any atom is -0.355 e. The third kappa shape index (κ3) is 5.41. The highest BCUT2D eigenvalue weighted by atomic mass is 32.1. The maximum atomic E-state index is 12.1. The van der Waals surface area contributed by atoms with Gasteiger partial charge in [0.1, 0.15) is 0 Å². The average molecular weight is 309 g/mol. The predicted molar refractivity (Wildman–Crippen MR) is 88.5 cm³/mol. The Hall–Kier alpha value is -0.910. The Morgan fingerprint density at radius 2 is 2.19 bits per heavy atom. The molecule has 1 amide bonds. The summed E-state index contributed by atoms with van der Waals surface area (Å²) in [6, 6.07) is 5.05. The van der Waals surface area contributed by atoms with Gasteiger partial charge in [-0.2, -0.15) is 0 Å². The number of carbonyl (C=O) groups is 1. The molecule has 3 N–H and O–H groups in total. The number of nitrogens with two attached hydrogens (primary N) is 1. The third-order valence-electron chi connectivity index (χ3n) is 4.28. The second-order valence-electron chi connectivity index (χ2n) is 5.81. The summed E-state index contributed by atoms with van der Waals surface area (Å²) in [7, 11) is 0. The molecule has 2 rings (SSSR count). The van der Waals surface area contributed by atoms with Crippen molar-refractivity contribution < 1.29 is 4.79 Å². The van der Waals surface area contributed by atoms with Crippen LogP contribution in [0.15, 0.2) is 17.5 Å². The van der Waals surface area contributed by atoms with E-state index in [2.05, 4.69) is 34.7 Å². The van der Waals surface area contributed by atoms with Crippen LogP contribution in [-0.2, 0) is 11.2 Å². The molecular formula is C16H27N3OS. The lowest BCUT2D eigenvalue weighted by Crippen LogP contribution is -2.45. The van der Waals surface area contributed by atoms with Gasteiger partial charge in [0.25, 0.3) is 0 Å². The average Bonchev–Trinajstić information content (AvgIpc) is 2.99. The van der Waals surface area contributed by atoms with Crippen LogP contribution in [0, 0.1) is 0 Å². The molecule has 4 nitrogen and oxygen atoms in total. The topological polar surface area (TPSA) is 58.4 Å². The molecule has 0 saturated heterocycles. The molecule has 0 atom stereocenters. The number of nitrogens with zero attached hydrogens (tertiary/aromatic N) is 1. The number of nitrogens with one attached hydrogen (secondary N) is 1. The van der Waals surface area contributed by atoms with Gasteiger partial charge in [-0.25, -0.2) is 0 Å². The lowest BCUT2D eigenvalue weighted by atomic mass is 9.91. The number of carbonyl (C=O) groups excluding carboxylic acids is 1. The second kappa shape index (κ2) is 8.51. The smallest absolute Gasteiger partial charge is 0.234 e. The van der Waals surface area contributed by atoms with Gasteiger partial charge in [0, 0.05) is 23.5 Å². The van der Waals surface area contributed by atoms with Gasteiger partial charge in [-0.05, 0) is 50.1 Å². The van der Waals surface area contributed by atoms with Crippen LogP contribution in [0.3, 0.4) is 0 Å².